The van der Waals surface area contributed by atoms with Crippen molar-refractivity contribution in [3.63, 3.8) is 0 Å². The van der Waals surface area contributed by atoms with Gasteiger partial charge in [0.05, 0.1) is 5.69 Å². The molecule has 0 atom stereocenters. The van der Waals surface area contributed by atoms with E-state index in [1.54, 1.807) is 23.7 Å². The molecule has 1 N–H and O–H groups in total. The van der Waals surface area contributed by atoms with E-state index in [4.69, 9.17) is 11.6 Å². The van der Waals surface area contributed by atoms with Crippen LogP contribution in [0.15, 0.2) is 48.1 Å². The van der Waals surface area contributed by atoms with Crippen LogP contribution in [0.5, 0.6) is 0 Å². The maximum atomic E-state index is 5.97. The summed E-state index contributed by atoms with van der Waals surface area (Å²) in [6, 6.07) is 9.82. The lowest BCUT2D eigenvalue weighted by molar-refractivity contribution is 1.33. The molecule has 1 aromatic carbocycles. The summed E-state index contributed by atoms with van der Waals surface area (Å²) in [7, 11) is 0. The van der Waals surface area contributed by atoms with E-state index >= 15 is 0 Å². The van der Waals surface area contributed by atoms with Gasteiger partial charge in [-0.05, 0) is 30.3 Å². The summed E-state index contributed by atoms with van der Waals surface area (Å²) in [5.74, 6) is 0. The zero-order valence-electron chi connectivity index (χ0n) is 9.26. The summed E-state index contributed by atoms with van der Waals surface area (Å²) in [4.78, 5) is 3.99. The Morgan fingerprint density at radius 3 is 2.67 bits per heavy atom. The Kier molecular flexibility index (Phi) is 4.07. The van der Waals surface area contributed by atoms with Crippen LogP contribution in [0.25, 0.3) is 10.1 Å². The molecule has 18 heavy (non-hydrogen) atoms. The highest BCUT2D eigenvalue weighted by Crippen LogP contribution is 2.33. The third-order valence-electron chi connectivity index (χ3n) is 2.50. The van der Waals surface area contributed by atoms with Gasteiger partial charge in [0.25, 0.3) is 0 Å². The van der Waals surface area contributed by atoms with E-state index < -0.39 is 0 Å². The van der Waals surface area contributed by atoms with Crippen LogP contribution in [0, 0.1) is 0 Å². The number of fused-ring (bicyclic) bond motifs is 1. The molecule has 0 radical (unpaired) electrons. The third-order valence-corrected chi connectivity index (χ3v) is 3.68. The Morgan fingerprint density at radius 1 is 1.11 bits per heavy atom. The summed E-state index contributed by atoms with van der Waals surface area (Å²) in [6.07, 6.45) is 3.54. The van der Waals surface area contributed by atoms with E-state index in [-0.39, 0.29) is 12.4 Å². The van der Waals surface area contributed by atoms with Crippen molar-refractivity contribution in [1.29, 1.82) is 0 Å². The molecule has 0 aliphatic rings. The van der Waals surface area contributed by atoms with Crippen molar-refractivity contribution in [2.75, 3.05) is 5.32 Å². The van der Waals surface area contributed by atoms with Gasteiger partial charge in [-0.2, -0.15) is 0 Å². The van der Waals surface area contributed by atoms with Crippen LogP contribution in [0.1, 0.15) is 0 Å². The fraction of sp³-hybridized carbons (Fsp3) is 0. The Balaban J connectivity index is 0.00000120. The number of nitrogens with one attached hydrogen (secondary N) is 1. The molecular weight excluding hydrogens is 287 g/mol. The van der Waals surface area contributed by atoms with Crippen molar-refractivity contribution in [2.24, 2.45) is 0 Å². The highest BCUT2D eigenvalue weighted by Gasteiger charge is 2.04. The zero-order chi connectivity index (χ0) is 11.7. The predicted molar refractivity (Wildman–Crippen MR) is 81.6 cm³/mol. The molecule has 0 amide bonds. The molecule has 2 nitrogen and oxygen atoms in total. The minimum absolute atomic E-state index is 0. The lowest BCUT2D eigenvalue weighted by atomic mass is 10.2. The predicted octanol–water partition coefficient (Wildman–Crippen LogP) is 5.12. The van der Waals surface area contributed by atoms with Crippen LogP contribution < -0.4 is 5.32 Å². The van der Waals surface area contributed by atoms with Gasteiger partial charge in [-0.1, -0.05) is 11.6 Å². The van der Waals surface area contributed by atoms with Gasteiger partial charge in [0, 0.05) is 38.6 Å². The number of thiophene rings is 1. The van der Waals surface area contributed by atoms with Crippen LogP contribution in [0.3, 0.4) is 0 Å². The normalized spacial score (nSPS) is 10.1. The number of aromatic nitrogens is 1. The van der Waals surface area contributed by atoms with Gasteiger partial charge >= 0.3 is 0 Å². The van der Waals surface area contributed by atoms with Crippen LogP contribution in [-0.4, -0.2) is 4.98 Å². The summed E-state index contributed by atoms with van der Waals surface area (Å²) in [5.41, 5.74) is 2.14. The molecular formula is C13H10Cl2N2S. The van der Waals surface area contributed by atoms with Gasteiger partial charge in [0.2, 0.25) is 0 Å². The molecule has 0 fully saturated rings. The molecule has 0 unspecified atom stereocenters. The van der Waals surface area contributed by atoms with Crippen molar-refractivity contribution in [3.8, 4) is 0 Å². The lowest BCUT2D eigenvalue weighted by Gasteiger charge is -2.04. The molecule has 0 aliphatic heterocycles. The molecule has 2 heterocycles. The number of anilines is 2. The first-order valence-electron chi connectivity index (χ1n) is 5.17. The highest BCUT2D eigenvalue weighted by molar-refractivity contribution is 7.17. The number of rotatable bonds is 2. The van der Waals surface area contributed by atoms with E-state index in [9.17, 15) is 0 Å². The zero-order valence-corrected chi connectivity index (χ0v) is 11.6. The van der Waals surface area contributed by atoms with Crippen LogP contribution in [0.2, 0.25) is 5.02 Å². The van der Waals surface area contributed by atoms with E-state index in [0.717, 1.165) is 16.4 Å². The van der Waals surface area contributed by atoms with Crippen molar-refractivity contribution in [1.82, 2.24) is 4.98 Å². The first-order chi connectivity index (χ1) is 8.33. The van der Waals surface area contributed by atoms with Crippen molar-refractivity contribution >= 4 is 56.8 Å². The minimum Gasteiger partial charge on any atom is -0.354 e. The van der Waals surface area contributed by atoms with Crippen molar-refractivity contribution in [3.05, 3.63) is 53.1 Å². The fourth-order valence-corrected chi connectivity index (χ4v) is 2.86. The first-order valence-corrected chi connectivity index (χ1v) is 6.42. The van der Waals surface area contributed by atoms with Crippen LogP contribution >= 0.6 is 35.3 Å². The van der Waals surface area contributed by atoms with Crippen LogP contribution in [-0.2, 0) is 0 Å². The average Bonchev–Trinajstić information content (AvgIpc) is 2.73. The molecule has 5 heteroatoms. The molecule has 2 aromatic heterocycles. The van der Waals surface area contributed by atoms with Gasteiger partial charge in [-0.25, -0.2) is 0 Å². The third kappa shape index (κ3) is 2.58. The Morgan fingerprint density at radius 2 is 1.89 bits per heavy atom. The summed E-state index contributed by atoms with van der Waals surface area (Å²) in [5, 5.41) is 7.44. The fourth-order valence-electron chi connectivity index (χ4n) is 1.69. The molecule has 92 valence electrons. The molecule has 0 saturated heterocycles. The summed E-state index contributed by atoms with van der Waals surface area (Å²) in [6.45, 7) is 0. The minimum atomic E-state index is 0. The lowest BCUT2D eigenvalue weighted by Crippen LogP contribution is -1.88. The molecule has 0 spiro atoms. The Labute approximate surface area is 120 Å². The molecule has 0 saturated carbocycles. The van der Waals surface area contributed by atoms with Gasteiger partial charge in [-0.15, -0.1) is 23.7 Å². The molecule has 0 aliphatic carbocycles. The number of hydrogen-bond donors (Lipinski definition) is 1. The number of benzene rings is 1. The quantitative estimate of drug-likeness (QED) is 0.710. The van der Waals surface area contributed by atoms with E-state index in [0.29, 0.717) is 0 Å². The second kappa shape index (κ2) is 5.57. The number of pyridine rings is 1. The SMILES string of the molecule is Cl.Clc1ccc2c(Nc3ccncc3)csc2c1. The Hall–Kier alpha value is -1.29. The second-order valence-corrected chi connectivity index (χ2v) is 5.00. The molecule has 3 aromatic rings. The maximum Gasteiger partial charge on any atom is 0.0572 e. The van der Waals surface area contributed by atoms with Crippen molar-refractivity contribution < 1.29 is 0 Å². The highest BCUT2D eigenvalue weighted by atomic mass is 35.5. The van der Waals surface area contributed by atoms with Gasteiger partial charge < -0.3 is 5.32 Å². The number of hydrogen-bond acceptors (Lipinski definition) is 3. The van der Waals surface area contributed by atoms with Crippen molar-refractivity contribution in [2.45, 2.75) is 0 Å². The molecule has 0 bridgehead atoms. The largest absolute Gasteiger partial charge is 0.354 e. The maximum absolute atomic E-state index is 5.97. The summed E-state index contributed by atoms with van der Waals surface area (Å²) >= 11 is 7.65. The van der Waals surface area contributed by atoms with Crippen LogP contribution in [0.4, 0.5) is 11.4 Å². The number of nitrogens with zero attached hydrogens (tertiary/aromatic N) is 1. The first kappa shape index (κ1) is 13.1. The Bertz CT molecular complexity index is 652. The van der Waals surface area contributed by atoms with Gasteiger partial charge in [-0.3, -0.25) is 4.98 Å². The van der Waals surface area contributed by atoms with E-state index in [2.05, 4.69) is 15.7 Å². The summed E-state index contributed by atoms with van der Waals surface area (Å²) < 4.78 is 1.19. The standard InChI is InChI=1S/C13H9ClN2S.ClH/c14-9-1-2-11-12(8-17-13(11)7-9)16-10-3-5-15-6-4-10;/h1-8H,(H,15,16);1H. The monoisotopic (exact) mass is 296 g/mol. The van der Waals surface area contributed by atoms with Gasteiger partial charge in [0.1, 0.15) is 0 Å². The van der Waals surface area contributed by atoms with E-state index in [1.807, 2.05) is 30.3 Å². The molecule has 3 rings (SSSR count). The van der Waals surface area contributed by atoms with Gasteiger partial charge in [0.15, 0.2) is 0 Å². The number of halogens is 2. The second-order valence-electron chi connectivity index (χ2n) is 3.65. The van der Waals surface area contributed by atoms with E-state index in [1.165, 1.54) is 10.1 Å². The average molecular weight is 297 g/mol. The topological polar surface area (TPSA) is 24.9 Å². The smallest absolute Gasteiger partial charge is 0.0572 e.